The molecule has 0 atom stereocenters. The van der Waals surface area contributed by atoms with Gasteiger partial charge in [0.15, 0.2) is 0 Å². The minimum Gasteiger partial charge on any atom is -0.330 e. The van der Waals surface area contributed by atoms with Gasteiger partial charge in [-0.1, -0.05) is 29.8 Å². The molecule has 0 aliphatic rings. The molecular formula is C15H23BrN2O. The molecule has 0 saturated heterocycles. The summed E-state index contributed by atoms with van der Waals surface area (Å²) in [6, 6.07) is 5.84. The summed E-state index contributed by atoms with van der Waals surface area (Å²) >= 11 is 3.41. The van der Waals surface area contributed by atoms with Crippen LogP contribution in [0.4, 0.5) is 5.69 Å². The van der Waals surface area contributed by atoms with E-state index in [0.29, 0.717) is 13.0 Å². The maximum atomic E-state index is 11.9. The van der Waals surface area contributed by atoms with E-state index in [1.165, 1.54) is 0 Å². The first-order chi connectivity index (χ1) is 8.84. The quantitative estimate of drug-likeness (QED) is 0.834. The van der Waals surface area contributed by atoms with Gasteiger partial charge in [-0.25, -0.2) is 0 Å². The zero-order valence-corrected chi connectivity index (χ0v) is 13.5. The molecule has 1 amide bonds. The lowest BCUT2D eigenvalue weighted by atomic mass is 9.84. The Morgan fingerprint density at radius 2 is 2.05 bits per heavy atom. The van der Waals surface area contributed by atoms with Gasteiger partial charge < -0.3 is 11.1 Å². The van der Waals surface area contributed by atoms with Gasteiger partial charge in [-0.3, -0.25) is 4.79 Å². The van der Waals surface area contributed by atoms with E-state index in [9.17, 15) is 4.79 Å². The van der Waals surface area contributed by atoms with Gasteiger partial charge in [0, 0.05) is 16.6 Å². The fourth-order valence-electron chi connectivity index (χ4n) is 1.95. The van der Waals surface area contributed by atoms with E-state index in [-0.39, 0.29) is 11.3 Å². The van der Waals surface area contributed by atoms with Crippen LogP contribution < -0.4 is 11.1 Å². The van der Waals surface area contributed by atoms with Crippen LogP contribution >= 0.6 is 15.9 Å². The van der Waals surface area contributed by atoms with Crippen molar-refractivity contribution >= 4 is 27.5 Å². The number of anilines is 1. The van der Waals surface area contributed by atoms with Crippen molar-refractivity contribution in [2.45, 2.75) is 40.0 Å². The fourth-order valence-corrected chi connectivity index (χ4v) is 2.42. The van der Waals surface area contributed by atoms with Crippen LogP contribution in [-0.2, 0) is 4.79 Å². The first kappa shape index (κ1) is 16.2. The van der Waals surface area contributed by atoms with Gasteiger partial charge in [-0.05, 0) is 55.5 Å². The number of rotatable bonds is 6. The van der Waals surface area contributed by atoms with Crippen molar-refractivity contribution in [3.8, 4) is 0 Å². The number of amides is 1. The highest BCUT2D eigenvalue weighted by Crippen LogP contribution is 2.26. The minimum absolute atomic E-state index is 0.0653. The van der Waals surface area contributed by atoms with Crippen LogP contribution in [0.2, 0.25) is 0 Å². The summed E-state index contributed by atoms with van der Waals surface area (Å²) in [5, 5.41) is 2.96. The van der Waals surface area contributed by atoms with Gasteiger partial charge >= 0.3 is 0 Å². The summed E-state index contributed by atoms with van der Waals surface area (Å²) in [6.45, 7) is 6.95. The molecule has 1 rings (SSSR count). The molecule has 0 aromatic heterocycles. The second-order valence-corrected chi connectivity index (χ2v) is 6.63. The molecule has 0 unspecified atom stereocenters. The average molecular weight is 327 g/mol. The van der Waals surface area contributed by atoms with E-state index >= 15 is 0 Å². The number of carbonyl (C=O) groups excluding carboxylic acids is 1. The Bertz CT molecular complexity index is 444. The summed E-state index contributed by atoms with van der Waals surface area (Å²) in [4.78, 5) is 11.9. The van der Waals surface area contributed by atoms with E-state index in [0.717, 1.165) is 28.6 Å². The Hall–Kier alpha value is -0.870. The third-order valence-corrected chi connectivity index (χ3v) is 3.81. The molecule has 0 bridgehead atoms. The van der Waals surface area contributed by atoms with E-state index in [1.54, 1.807) is 0 Å². The Kier molecular flexibility index (Phi) is 6.01. The highest BCUT2D eigenvalue weighted by atomic mass is 79.9. The number of halogens is 1. The van der Waals surface area contributed by atoms with Crippen LogP contribution in [0.5, 0.6) is 0 Å². The van der Waals surface area contributed by atoms with Gasteiger partial charge in [-0.2, -0.15) is 0 Å². The maximum Gasteiger partial charge on any atom is 0.224 e. The number of aryl methyl sites for hydroxylation is 1. The molecule has 0 fully saturated rings. The van der Waals surface area contributed by atoms with Crippen molar-refractivity contribution in [1.82, 2.24) is 0 Å². The van der Waals surface area contributed by atoms with Gasteiger partial charge in [0.05, 0.1) is 0 Å². The summed E-state index contributed by atoms with van der Waals surface area (Å²) < 4.78 is 1.02. The molecule has 1 aromatic carbocycles. The molecule has 0 aliphatic heterocycles. The molecule has 3 nitrogen and oxygen atoms in total. The summed E-state index contributed by atoms with van der Waals surface area (Å²) in [5.74, 6) is 0.0653. The summed E-state index contributed by atoms with van der Waals surface area (Å²) in [5.41, 5.74) is 7.64. The monoisotopic (exact) mass is 326 g/mol. The van der Waals surface area contributed by atoms with E-state index < -0.39 is 0 Å². The smallest absolute Gasteiger partial charge is 0.224 e. The molecule has 4 heteroatoms. The molecule has 1 aromatic rings. The topological polar surface area (TPSA) is 55.1 Å². The molecule has 19 heavy (non-hydrogen) atoms. The number of nitrogens with one attached hydrogen (secondary N) is 1. The van der Waals surface area contributed by atoms with Crippen molar-refractivity contribution in [3.05, 3.63) is 28.2 Å². The number of hydrogen-bond acceptors (Lipinski definition) is 2. The lowest BCUT2D eigenvalue weighted by Crippen LogP contribution is -2.20. The Morgan fingerprint density at radius 3 is 2.63 bits per heavy atom. The Morgan fingerprint density at radius 1 is 1.37 bits per heavy atom. The first-order valence-corrected chi connectivity index (χ1v) is 7.39. The standard InChI is InChI=1S/C15H23BrN2O/c1-11-10-12(16)4-5-13(11)18-14(19)6-7-15(2,3)8-9-17/h4-5,10H,6-9,17H2,1-3H3,(H,18,19). The first-order valence-electron chi connectivity index (χ1n) is 6.60. The Balaban J connectivity index is 2.52. The lowest BCUT2D eigenvalue weighted by Gasteiger charge is -2.23. The number of carbonyl (C=O) groups is 1. The largest absolute Gasteiger partial charge is 0.330 e. The summed E-state index contributed by atoms with van der Waals surface area (Å²) in [7, 11) is 0. The van der Waals surface area contributed by atoms with Crippen LogP contribution in [0.1, 0.15) is 38.7 Å². The number of benzene rings is 1. The van der Waals surface area contributed by atoms with E-state index in [1.807, 2.05) is 25.1 Å². The SMILES string of the molecule is Cc1cc(Br)ccc1NC(=O)CCC(C)(C)CCN. The highest BCUT2D eigenvalue weighted by Gasteiger charge is 2.18. The second kappa shape index (κ2) is 7.06. The van der Waals surface area contributed by atoms with E-state index in [2.05, 4.69) is 35.1 Å². The molecule has 0 spiro atoms. The molecule has 0 aliphatic carbocycles. The average Bonchev–Trinajstić information content (AvgIpc) is 2.30. The molecule has 3 N–H and O–H groups in total. The van der Waals surface area contributed by atoms with Crippen LogP contribution in [-0.4, -0.2) is 12.5 Å². The summed E-state index contributed by atoms with van der Waals surface area (Å²) in [6.07, 6.45) is 2.33. The van der Waals surface area contributed by atoms with Crippen molar-refractivity contribution in [2.24, 2.45) is 11.1 Å². The third-order valence-electron chi connectivity index (χ3n) is 3.31. The molecule has 0 radical (unpaired) electrons. The van der Waals surface area contributed by atoms with Crippen LogP contribution in [0.15, 0.2) is 22.7 Å². The highest BCUT2D eigenvalue weighted by molar-refractivity contribution is 9.10. The Labute approximate surface area is 124 Å². The van der Waals surface area contributed by atoms with Crippen molar-refractivity contribution in [3.63, 3.8) is 0 Å². The minimum atomic E-state index is 0.0653. The molecule has 0 heterocycles. The fraction of sp³-hybridized carbons (Fsp3) is 0.533. The third kappa shape index (κ3) is 5.74. The predicted molar refractivity (Wildman–Crippen MR) is 84.2 cm³/mol. The maximum absolute atomic E-state index is 11.9. The zero-order valence-electron chi connectivity index (χ0n) is 11.9. The zero-order chi connectivity index (χ0) is 14.5. The van der Waals surface area contributed by atoms with Gasteiger partial charge in [-0.15, -0.1) is 0 Å². The van der Waals surface area contributed by atoms with Crippen LogP contribution in [0, 0.1) is 12.3 Å². The van der Waals surface area contributed by atoms with Crippen molar-refractivity contribution in [1.29, 1.82) is 0 Å². The molecule has 0 saturated carbocycles. The van der Waals surface area contributed by atoms with Gasteiger partial charge in [0.25, 0.3) is 0 Å². The van der Waals surface area contributed by atoms with Gasteiger partial charge in [0.2, 0.25) is 5.91 Å². The predicted octanol–water partition coefficient (Wildman–Crippen LogP) is 3.85. The van der Waals surface area contributed by atoms with Crippen LogP contribution in [0.25, 0.3) is 0 Å². The van der Waals surface area contributed by atoms with Crippen LogP contribution in [0.3, 0.4) is 0 Å². The lowest BCUT2D eigenvalue weighted by molar-refractivity contribution is -0.116. The molecular weight excluding hydrogens is 304 g/mol. The number of nitrogens with two attached hydrogens (primary N) is 1. The second-order valence-electron chi connectivity index (χ2n) is 5.71. The van der Waals surface area contributed by atoms with E-state index in [4.69, 9.17) is 5.73 Å². The normalized spacial score (nSPS) is 11.4. The van der Waals surface area contributed by atoms with Crippen molar-refractivity contribution < 1.29 is 4.79 Å². The molecule has 106 valence electrons. The number of hydrogen-bond donors (Lipinski definition) is 2. The van der Waals surface area contributed by atoms with Gasteiger partial charge in [0.1, 0.15) is 0 Å². The van der Waals surface area contributed by atoms with Crippen molar-refractivity contribution in [2.75, 3.05) is 11.9 Å².